The largest absolute Gasteiger partial charge is 0.484 e. The van der Waals surface area contributed by atoms with Crippen molar-refractivity contribution < 1.29 is 9.53 Å². The van der Waals surface area contributed by atoms with Crippen LogP contribution in [0, 0.1) is 0 Å². The molecule has 10 nitrogen and oxygen atoms in total. The first-order valence-electron chi connectivity index (χ1n) is 11.8. The first-order chi connectivity index (χ1) is 17.1. The molecule has 1 N–H and O–H groups in total. The van der Waals surface area contributed by atoms with Crippen LogP contribution < -0.4 is 10.1 Å². The fourth-order valence-corrected chi connectivity index (χ4v) is 4.46. The van der Waals surface area contributed by atoms with Gasteiger partial charge in [-0.25, -0.2) is 4.98 Å². The lowest BCUT2D eigenvalue weighted by atomic mass is 10.1. The number of hydrogen-bond acceptors (Lipinski definition) is 8. The fraction of sp³-hybridized carbons (Fsp3) is 0.320. The molecule has 5 heterocycles. The lowest BCUT2D eigenvalue weighted by Crippen LogP contribution is -2.47. The van der Waals surface area contributed by atoms with E-state index in [1.54, 1.807) is 10.7 Å². The zero-order valence-electron chi connectivity index (χ0n) is 19.5. The third-order valence-corrected chi connectivity index (χ3v) is 6.52. The molecule has 0 radical (unpaired) electrons. The van der Waals surface area contributed by atoms with Gasteiger partial charge in [0.05, 0.1) is 12.2 Å². The minimum absolute atomic E-state index is 0.0759. The molecule has 0 bridgehead atoms. The maximum atomic E-state index is 12.9. The van der Waals surface area contributed by atoms with Gasteiger partial charge in [0.2, 0.25) is 0 Å². The van der Waals surface area contributed by atoms with Crippen molar-refractivity contribution in [1.82, 2.24) is 34.6 Å². The van der Waals surface area contributed by atoms with Gasteiger partial charge < -0.3 is 19.9 Å². The summed E-state index contributed by atoms with van der Waals surface area (Å²) in [4.78, 5) is 21.3. The van der Waals surface area contributed by atoms with Gasteiger partial charge in [-0.2, -0.15) is 9.61 Å². The second-order valence-electron chi connectivity index (χ2n) is 8.95. The molecular weight excluding hydrogens is 444 g/mol. The van der Waals surface area contributed by atoms with Gasteiger partial charge in [0.1, 0.15) is 6.10 Å². The van der Waals surface area contributed by atoms with Gasteiger partial charge >= 0.3 is 0 Å². The average molecular weight is 471 g/mol. The van der Waals surface area contributed by atoms with Crippen LogP contribution >= 0.6 is 0 Å². The molecule has 1 unspecified atom stereocenters. The maximum Gasteiger partial charge on any atom is 0.253 e. The number of rotatable bonds is 4. The number of amides is 1. The Bertz CT molecular complexity index is 1360. The van der Waals surface area contributed by atoms with Gasteiger partial charge in [-0.05, 0) is 43.4 Å². The van der Waals surface area contributed by atoms with Gasteiger partial charge in [0, 0.05) is 49.9 Å². The molecule has 4 aromatic rings. The topological polar surface area (TPSA) is 101 Å². The van der Waals surface area contributed by atoms with Gasteiger partial charge in [-0.15, -0.1) is 10.2 Å². The molecule has 10 heteroatoms. The Morgan fingerprint density at radius 3 is 2.71 bits per heavy atom. The van der Waals surface area contributed by atoms with E-state index < -0.39 is 0 Å². The minimum Gasteiger partial charge on any atom is -0.484 e. The highest BCUT2D eigenvalue weighted by Crippen LogP contribution is 2.27. The van der Waals surface area contributed by atoms with Gasteiger partial charge in [-0.1, -0.05) is 12.1 Å². The number of nitrogens with one attached hydrogen (secondary N) is 1. The number of benzene rings is 1. The summed E-state index contributed by atoms with van der Waals surface area (Å²) >= 11 is 0. The summed E-state index contributed by atoms with van der Waals surface area (Å²) in [5.41, 5.74) is 3.09. The quantitative estimate of drug-likeness (QED) is 0.483. The summed E-state index contributed by atoms with van der Waals surface area (Å²) in [6.07, 6.45) is 2.18. The van der Waals surface area contributed by atoms with E-state index >= 15 is 0 Å². The number of carbonyl (C=O) groups excluding carboxylic acids is 1. The molecule has 0 saturated carbocycles. The molecule has 1 amide bonds. The summed E-state index contributed by atoms with van der Waals surface area (Å²) in [6.45, 7) is 3.95. The highest BCUT2D eigenvalue weighted by Gasteiger charge is 2.23. The number of carbonyl (C=O) groups is 1. The van der Waals surface area contributed by atoms with Crippen LogP contribution in [0.2, 0.25) is 0 Å². The van der Waals surface area contributed by atoms with Crippen LogP contribution in [0.3, 0.4) is 0 Å². The number of piperazine rings is 1. The Kier molecular flexibility index (Phi) is 5.49. The van der Waals surface area contributed by atoms with Crippen molar-refractivity contribution in [3.63, 3.8) is 0 Å². The van der Waals surface area contributed by atoms with Crippen molar-refractivity contribution in [2.24, 2.45) is 0 Å². The smallest absolute Gasteiger partial charge is 0.253 e. The first kappa shape index (κ1) is 21.5. The Balaban J connectivity index is 1.20. The fourth-order valence-electron chi connectivity index (χ4n) is 4.46. The van der Waals surface area contributed by atoms with Crippen LogP contribution in [-0.4, -0.2) is 86.4 Å². The number of aromatic nitrogens is 5. The molecule has 2 aliphatic heterocycles. The molecule has 6 rings (SSSR count). The van der Waals surface area contributed by atoms with Crippen LogP contribution in [0.25, 0.3) is 16.9 Å². The Hall–Kier alpha value is -4.05. The number of hydrogen-bond donors (Lipinski definition) is 1. The monoisotopic (exact) mass is 470 g/mol. The van der Waals surface area contributed by atoms with Gasteiger partial charge in [0.15, 0.2) is 23.0 Å². The van der Waals surface area contributed by atoms with E-state index in [1.165, 1.54) is 0 Å². The molecule has 178 valence electrons. The lowest BCUT2D eigenvalue weighted by Gasteiger charge is -2.32. The molecule has 35 heavy (non-hydrogen) atoms. The van der Waals surface area contributed by atoms with E-state index in [0.29, 0.717) is 24.2 Å². The van der Waals surface area contributed by atoms with E-state index in [0.717, 1.165) is 54.8 Å². The molecule has 1 aromatic carbocycles. The second kappa shape index (κ2) is 8.95. The second-order valence-corrected chi connectivity index (χ2v) is 8.95. The summed E-state index contributed by atoms with van der Waals surface area (Å²) in [5, 5.41) is 16.7. The standard InChI is InChI=1S/C25H26N8O2/c1-31-11-13-32(14-12-31)25(34)18-6-4-17(5-7-18)20-8-9-22-28-29-23(33(22)30-20)15-19-16-27-24-21(35-19)3-2-10-26-24/h2-10,19H,11-16H2,1H3,(H,26,27). The van der Waals surface area contributed by atoms with Crippen molar-refractivity contribution in [2.45, 2.75) is 12.5 Å². The zero-order chi connectivity index (χ0) is 23.8. The van der Waals surface area contributed by atoms with Crippen LogP contribution in [0.4, 0.5) is 5.82 Å². The SMILES string of the molecule is CN1CCN(C(=O)c2ccc(-c3ccc4nnc(CC5CNc6ncccc6O5)n4n3)cc2)CC1. The molecule has 3 aromatic heterocycles. The minimum atomic E-state index is -0.107. The molecule has 0 spiro atoms. The highest BCUT2D eigenvalue weighted by atomic mass is 16.5. The number of ether oxygens (including phenoxy) is 1. The van der Waals surface area contributed by atoms with Crippen LogP contribution in [0.15, 0.2) is 54.7 Å². The van der Waals surface area contributed by atoms with Crippen molar-refractivity contribution in [1.29, 1.82) is 0 Å². The predicted octanol–water partition coefficient (Wildman–Crippen LogP) is 1.99. The normalized spacial score (nSPS) is 18.1. The Morgan fingerprint density at radius 1 is 1.06 bits per heavy atom. The summed E-state index contributed by atoms with van der Waals surface area (Å²) in [6, 6.07) is 15.2. The number of fused-ring (bicyclic) bond motifs is 2. The van der Waals surface area contributed by atoms with E-state index in [9.17, 15) is 4.79 Å². The average Bonchev–Trinajstić information content (AvgIpc) is 3.30. The third-order valence-electron chi connectivity index (χ3n) is 6.52. The first-order valence-corrected chi connectivity index (χ1v) is 11.8. The third kappa shape index (κ3) is 4.28. The number of pyridine rings is 1. The summed E-state index contributed by atoms with van der Waals surface area (Å²) in [5.74, 6) is 2.29. The molecule has 1 fully saturated rings. The summed E-state index contributed by atoms with van der Waals surface area (Å²) < 4.78 is 7.85. The number of nitrogens with zero attached hydrogens (tertiary/aromatic N) is 7. The van der Waals surface area contributed by atoms with Gasteiger partial charge in [-0.3, -0.25) is 4.79 Å². The molecular formula is C25H26N8O2. The maximum absolute atomic E-state index is 12.9. The predicted molar refractivity (Wildman–Crippen MR) is 130 cm³/mol. The number of likely N-dealkylation sites (N-methyl/N-ethyl adjacent to an activating group) is 1. The summed E-state index contributed by atoms with van der Waals surface area (Å²) in [7, 11) is 2.08. The van der Waals surface area contributed by atoms with E-state index in [2.05, 4.69) is 32.4 Å². The van der Waals surface area contributed by atoms with Crippen molar-refractivity contribution >= 4 is 17.4 Å². The van der Waals surface area contributed by atoms with Gasteiger partial charge in [0.25, 0.3) is 5.91 Å². The van der Waals surface area contributed by atoms with Crippen LogP contribution in [-0.2, 0) is 6.42 Å². The van der Waals surface area contributed by atoms with Crippen LogP contribution in [0.5, 0.6) is 5.75 Å². The van der Waals surface area contributed by atoms with E-state index in [4.69, 9.17) is 9.84 Å². The zero-order valence-corrected chi connectivity index (χ0v) is 19.5. The highest BCUT2D eigenvalue weighted by molar-refractivity contribution is 5.94. The molecule has 1 atom stereocenters. The lowest BCUT2D eigenvalue weighted by molar-refractivity contribution is 0.0664. The van der Waals surface area contributed by atoms with Crippen molar-refractivity contribution in [2.75, 3.05) is 45.1 Å². The van der Waals surface area contributed by atoms with Crippen LogP contribution in [0.1, 0.15) is 16.2 Å². The van der Waals surface area contributed by atoms with Crippen molar-refractivity contribution in [3.05, 3.63) is 66.1 Å². The molecule has 1 saturated heterocycles. The van der Waals surface area contributed by atoms with E-state index in [-0.39, 0.29) is 12.0 Å². The molecule has 2 aliphatic rings. The Labute approximate surface area is 202 Å². The van der Waals surface area contributed by atoms with Crippen molar-refractivity contribution in [3.8, 4) is 17.0 Å². The number of anilines is 1. The Morgan fingerprint density at radius 2 is 1.89 bits per heavy atom. The van der Waals surface area contributed by atoms with E-state index in [1.807, 2.05) is 53.4 Å². The molecule has 0 aliphatic carbocycles.